The van der Waals surface area contributed by atoms with Crippen LogP contribution in [0.1, 0.15) is 28.6 Å². The average Bonchev–Trinajstić information content (AvgIpc) is 3.09. The molecule has 1 aromatic carbocycles. The Balaban J connectivity index is 1.36. The number of hydrogen-bond acceptors (Lipinski definition) is 6. The number of dihydropyridines is 1. The SMILES string of the molecule is Cc1cc(C2=CC(c3ccccn3)NC(c3ccccn3)=C2)cc(-c2cc(-c3ccccn3)nc(-c3ccccn3)c2)c1. The van der Waals surface area contributed by atoms with Crippen LogP contribution < -0.4 is 5.32 Å². The van der Waals surface area contributed by atoms with E-state index in [4.69, 9.17) is 4.98 Å². The van der Waals surface area contributed by atoms with Gasteiger partial charge in [-0.2, -0.15) is 0 Å². The van der Waals surface area contributed by atoms with Crippen LogP contribution in [0.25, 0.3) is 45.2 Å². The molecule has 43 heavy (non-hydrogen) atoms. The van der Waals surface area contributed by atoms with E-state index >= 15 is 0 Å². The zero-order chi connectivity index (χ0) is 29.0. The van der Waals surface area contributed by atoms with Gasteiger partial charge in [-0.05, 0) is 114 Å². The van der Waals surface area contributed by atoms with Crippen molar-refractivity contribution in [3.8, 4) is 33.9 Å². The second-order valence-corrected chi connectivity index (χ2v) is 10.4. The normalized spacial score (nSPS) is 14.4. The summed E-state index contributed by atoms with van der Waals surface area (Å²) in [6.45, 7) is 2.13. The number of benzene rings is 1. The van der Waals surface area contributed by atoms with Gasteiger partial charge in [-0.1, -0.05) is 36.4 Å². The van der Waals surface area contributed by atoms with E-state index in [2.05, 4.69) is 74.7 Å². The van der Waals surface area contributed by atoms with Crippen molar-refractivity contribution < 1.29 is 0 Å². The molecule has 1 unspecified atom stereocenters. The Labute approximate surface area is 250 Å². The number of aromatic nitrogens is 5. The molecule has 7 rings (SSSR count). The molecule has 6 heterocycles. The van der Waals surface area contributed by atoms with Crippen molar-refractivity contribution in [3.63, 3.8) is 0 Å². The van der Waals surface area contributed by atoms with Crippen LogP contribution in [-0.4, -0.2) is 24.9 Å². The summed E-state index contributed by atoms with van der Waals surface area (Å²) in [5, 5.41) is 3.64. The quantitative estimate of drug-likeness (QED) is 0.226. The van der Waals surface area contributed by atoms with E-state index in [1.807, 2.05) is 85.2 Å². The Hall–Kier alpha value is -5.75. The van der Waals surface area contributed by atoms with E-state index in [1.165, 1.54) is 0 Å². The van der Waals surface area contributed by atoms with Gasteiger partial charge in [0.15, 0.2) is 0 Å². The van der Waals surface area contributed by atoms with Gasteiger partial charge in [0.25, 0.3) is 0 Å². The highest BCUT2D eigenvalue weighted by Crippen LogP contribution is 2.35. The molecule has 206 valence electrons. The molecule has 1 N–H and O–H groups in total. The van der Waals surface area contributed by atoms with Crippen LogP contribution in [0.5, 0.6) is 0 Å². The van der Waals surface area contributed by atoms with Crippen molar-refractivity contribution in [2.45, 2.75) is 13.0 Å². The van der Waals surface area contributed by atoms with Gasteiger partial charge in [0.05, 0.1) is 45.9 Å². The number of nitrogens with one attached hydrogen (secondary N) is 1. The Morgan fingerprint density at radius 2 is 1.09 bits per heavy atom. The largest absolute Gasteiger partial charge is 0.371 e. The van der Waals surface area contributed by atoms with Crippen LogP contribution in [0.15, 0.2) is 140 Å². The molecule has 6 aromatic rings. The molecule has 0 bridgehead atoms. The number of pyridine rings is 5. The lowest BCUT2D eigenvalue weighted by atomic mass is 9.92. The maximum atomic E-state index is 4.95. The minimum Gasteiger partial charge on any atom is -0.371 e. The van der Waals surface area contributed by atoms with Crippen LogP contribution in [0, 0.1) is 6.92 Å². The van der Waals surface area contributed by atoms with E-state index in [0.717, 1.165) is 67.7 Å². The van der Waals surface area contributed by atoms with Crippen molar-refractivity contribution in [3.05, 3.63) is 163 Å². The van der Waals surface area contributed by atoms with Crippen LogP contribution in [0.2, 0.25) is 0 Å². The number of allylic oxidation sites excluding steroid dienone is 2. The number of aryl methyl sites for hydroxylation is 1. The molecule has 0 fully saturated rings. The Bertz CT molecular complexity index is 1880. The molecule has 6 nitrogen and oxygen atoms in total. The smallest absolute Gasteiger partial charge is 0.0900 e. The van der Waals surface area contributed by atoms with Gasteiger partial charge in [-0.25, -0.2) is 4.98 Å². The van der Waals surface area contributed by atoms with Crippen molar-refractivity contribution in [2.24, 2.45) is 0 Å². The van der Waals surface area contributed by atoms with Crippen LogP contribution in [0.3, 0.4) is 0 Å². The van der Waals surface area contributed by atoms with Crippen molar-refractivity contribution in [1.29, 1.82) is 0 Å². The van der Waals surface area contributed by atoms with Gasteiger partial charge < -0.3 is 5.32 Å². The predicted octanol–water partition coefficient (Wildman–Crippen LogP) is 7.74. The first-order valence-corrected chi connectivity index (χ1v) is 14.2. The first-order valence-electron chi connectivity index (χ1n) is 14.2. The third-order valence-corrected chi connectivity index (χ3v) is 7.33. The lowest BCUT2D eigenvalue weighted by Gasteiger charge is -2.24. The summed E-state index contributed by atoms with van der Waals surface area (Å²) < 4.78 is 0. The lowest BCUT2D eigenvalue weighted by Crippen LogP contribution is -2.23. The maximum Gasteiger partial charge on any atom is 0.0900 e. The molecule has 1 aliphatic heterocycles. The van der Waals surface area contributed by atoms with Crippen LogP contribution in [0.4, 0.5) is 0 Å². The summed E-state index contributed by atoms with van der Waals surface area (Å²) in [7, 11) is 0. The van der Waals surface area contributed by atoms with Crippen molar-refractivity contribution in [2.75, 3.05) is 0 Å². The molecule has 0 aliphatic carbocycles. The van der Waals surface area contributed by atoms with E-state index in [0.29, 0.717) is 0 Å². The van der Waals surface area contributed by atoms with Gasteiger partial charge in [-0.15, -0.1) is 0 Å². The third-order valence-electron chi connectivity index (χ3n) is 7.33. The Morgan fingerprint density at radius 1 is 0.535 bits per heavy atom. The first kappa shape index (κ1) is 26.2. The molecule has 6 heteroatoms. The van der Waals surface area contributed by atoms with Gasteiger partial charge >= 0.3 is 0 Å². The standard InChI is InChI=1S/C37H28N6/c1-25-18-26(28-21-34(30-10-2-6-14-38-30)42-35(22-28)31-11-3-7-15-39-31)20-27(19-25)29-23-36(32-12-4-8-16-40-32)43-37(24-29)33-13-5-9-17-41-33/h2-24,34,42H,1H3. The third kappa shape index (κ3) is 5.72. The van der Waals surface area contributed by atoms with E-state index in [9.17, 15) is 0 Å². The lowest BCUT2D eigenvalue weighted by molar-refractivity contribution is 0.736. The summed E-state index contributed by atoms with van der Waals surface area (Å²) in [5.74, 6) is 0. The van der Waals surface area contributed by atoms with Crippen molar-refractivity contribution >= 4 is 11.3 Å². The Kier molecular flexibility index (Phi) is 7.07. The van der Waals surface area contributed by atoms with Gasteiger partial charge in [0, 0.05) is 24.8 Å². The highest BCUT2D eigenvalue weighted by molar-refractivity contribution is 5.87. The van der Waals surface area contributed by atoms with E-state index < -0.39 is 0 Å². The summed E-state index contributed by atoms with van der Waals surface area (Å²) in [4.78, 5) is 23.4. The Morgan fingerprint density at radius 3 is 1.67 bits per heavy atom. The highest BCUT2D eigenvalue weighted by Gasteiger charge is 2.20. The average molecular weight is 557 g/mol. The molecule has 0 amide bonds. The molecule has 0 spiro atoms. The maximum absolute atomic E-state index is 4.95. The fraction of sp³-hybridized carbons (Fsp3) is 0.0541. The zero-order valence-electron chi connectivity index (χ0n) is 23.6. The molecule has 0 saturated heterocycles. The molecule has 5 aromatic heterocycles. The van der Waals surface area contributed by atoms with Crippen molar-refractivity contribution in [1.82, 2.24) is 30.2 Å². The number of rotatable bonds is 6. The molecule has 0 radical (unpaired) electrons. The fourth-order valence-corrected chi connectivity index (χ4v) is 5.31. The van der Waals surface area contributed by atoms with Crippen LogP contribution >= 0.6 is 0 Å². The molecule has 1 aliphatic rings. The van der Waals surface area contributed by atoms with Crippen LogP contribution in [-0.2, 0) is 0 Å². The monoisotopic (exact) mass is 556 g/mol. The van der Waals surface area contributed by atoms with Gasteiger partial charge in [-0.3, -0.25) is 19.9 Å². The second kappa shape index (κ2) is 11.6. The highest BCUT2D eigenvalue weighted by atomic mass is 15.0. The summed E-state index contributed by atoms with van der Waals surface area (Å²) in [6.07, 6.45) is 11.6. The van der Waals surface area contributed by atoms with E-state index in [1.54, 1.807) is 12.4 Å². The molecule has 0 saturated carbocycles. The number of nitrogens with zero attached hydrogens (tertiary/aromatic N) is 5. The number of hydrogen-bond donors (Lipinski definition) is 1. The topological polar surface area (TPSA) is 76.5 Å². The summed E-state index contributed by atoms with van der Waals surface area (Å²) in [6, 6.07) is 34.5. The molecular formula is C37H28N6. The minimum atomic E-state index is -0.102. The van der Waals surface area contributed by atoms with Gasteiger partial charge in [0.2, 0.25) is 0 Å². The summed E-state index contributed by atoms with van der Waals surface area (Å²) in [5.41, 5.74) is 11.5. The second-order valence-electron chi connectivity index (χ2n) is 10.4. The summed E-state index contributed by atoms with van der Waals surface area (Å²) >= 11 is 0. The first-order chi connectivity index (χ1) is 21.2. The van der Waals surface area contributed by atoms with E-state index in [-0.39, 0.29) is 6.04 Å². The minimum absolute atomic E-state index is 0.102. The molecular weight excluding hydrogens is 528 g/mol. The molecule has 1 atom stereocenters. The predicted molar refractivity (Wildman–Crippen MR) is 171 cm³/mol. The zero-order valence-corrected chi connectivity index (χ0v) is 23.6. The fourth-order valence-electron chi connectivity index (χ4n) is 5.31. The van der Waals surface area contributed by atoms with Gasteiger partial charge in [0.1, 0.15) is 0 Å².